The van der Waals surface area contributed by atoms with E-state index < -0.39 is 5.97 Å². The highest BCUT2D eigenvalue weighted by Gasteiger charge is 2.36. The standard InChI is InChI=1S/C12H20N2O3/c13-12(4-1-5-12)7-10(15)14-9-3-2-8(6-9)11(16)17/h8-9H,1-7,13H2,(H,14,15)(H,16,17)/t8-,9+/m1/s1. The first kappa shape index (κ1) is 12.4. The van der Waals surface area contributed by atoms with E-state index in [-0.39, 0.29) is 23.4 Å². The van der Waals surface area contributed by atoms with Gasteiger partial charge in [0.25, 0.3) is 0 Å². The zero-order valence-corrected chi connectivity index (χ0v) is 9.95. The number of amides is 1. The summed E-state index contributed by atoms with van der Waals surface area (Å²) in [7, 11) is 0. The number of hydrogen-bond acceptors (Lipinski definition) is 3. The first-order chi connectivity index (χ1) is 7.98. The number of carboxylic acid groups (broad SMARTS) is 1. The van der Waals surface area contributed by atoms with Crippen molar-refractivity contribution in [3.05, 3.63) is 0 Å². The van der Waals surface area contributed by atoms with E-state index in [1.54, 1.807) is 0 Å². The van der Waals surface area contributed by atoms with Gasteiger partial charge in [-0.2, -0.15) is 0 Å². The Bertz CT molecular complexity index is 326. The lowest BCUT2D eigenvalue weighted by molar-refractivity contribution is -0.141. The molecule has 0 aromatic heterocycles. The Balaban J connectivity index is 1.74. The highest BCUT2D eigenvalue weighted by molar-refractivity contribution is 5.78. The Morgan fingerprint density at radius 2 is 2.06 bits per heavy atom. The SMILES string of the molecule is NC1(CC(=O)N[C@H]2CC[C@@H](C(=O)O)C2)CCC1. The van der Waals surface area contributed by atoms with Crippen molar-refractivity contribution in [1.29, 1.82) is 0 Å². The maximum absolute atomic E-state index is 11.7. The molecule has 0 saturated heterocycles. The van der Waals surface area contributed by atoms with Crippen LogP contribution in [0.2, 0.25) is 0 Å². The molecule has 2 aliphatic carbocycles. The van der Waals surface area contributed by atoms with E-state index >= 15 is 0 Å². The molecule has 4 N–H and O–H groups in total. The van der Waals surface area contributed by atoms with Crippen LogP contribution in [0.5, 0.6) is 0 Å². The van der Waals surface area contributed by atoms with Crippen LogP contribution in [0, 0.1) is 5.92 Å². The van der Waals surface area contributed by atoms with Crippen LogP contribution in [0.3, 0.4) is 0 Å². The molecular formula is C12H20N2O3. The Morgan fingerprint density at radius 1 is 1.35 bits per heavy atom. The Morgan fingerprint density at radius 3 is 2.53 bits per heavy atom. The fourth-order valence-corrected chi connectivity index (χ4v) is 2.74. The minimum Gasteiger partial charge on any atom is -0.481 e. The van der Waals surface area contributed by atoms with E-state index in [1.807, 2.05) is 0 Å². The molecule has 0 unspecified atom stereocenters. The minimum absolute atomic E-state index is 0.0206. The summed E-state index contributed by atoms with van der Waals surface area (Å²) in [5, 5.41) is 11.8. The Kier molecular flexibility index (Phi) is 3.38. The van der Waals surface area contributed by atoms with Crippen LogP contribution in [-0.2, 0) is 9.59 Å². The van der Waals surface area contributed by atoms with E-state index in [0.29, 0.717) is 19.3 Å². The van der Waals surface area contributed by atoms with Gasteiger partial charge >= 0.3 is 5.97 Å². The molecule has 0 heterocycles. The molecule has 2 aliphatic rings. The van der Waals surface area contributed by atoms with Crippen molar-refractivity contribution in [3.8, 4) is 0 Å². The van der Waals surface area contributed by atoms with E-state index in [2.05, 4.69) is 5.32 Å². The molecule has 0 radical (unpaired) electrons. The van der Waals surface area contributed by atoms with Gasteiger partial charge < -0.3 is 16.2 Å². The van der Waals surface area contributed by atoms with Gasteiger partial charge in [-0.3, -0.25) is 9.59 Å². The number of carbonyl (C=O) groups excluding carboxylic acids is 1. The lowest BCUT2D eigenvalue weighted by Gasteiger charge is -2.37. The van der Waals surface area contributed by atoms with Gasteiger partial charge in [0.05, 0.1) is 5.92 Å². The number of carboxylic acids is 1. The molecular weight excluding hydrogens is 220 g/mol. The van der Waals surface area contributed by atoms with Crippen LogP contribution in [0.4, 0.5) is 0 Å². The average Bonchev–Trinajstić information content (AvgIpc) is 2.63. The van der Waals surface area contributed by atoms with Crippen LogP contribution in [-0.4, -0.2) is 28.6 Å². The maximum Gasteiger partial charge on any atom is 0.306 e. The van der Waals surface area contributed by atoms with Crippen LogP contribution in [0.15, 0.2) is 0 Å². The quantitative estimate of drug-likeness (QED) is 0.672. The monoisotopic (exact) mass is 240 g/mol. The molecule has 5 heteroatoms. The Hall–Kier alpha value is -1.10. The fraction of sp³-hybridized carbons (Fsp3) is 0.833. The first-order valence-corrected chi connectivity index (χ1v) is 6.30. The number of aliphatic carboxylic acids is 1. The van der Waals surface area contributed by atoms with Crippen molar-refractivity contribution >= 4 is 11.9 Å². The molecule has 2 saturated carbocycles. The molecule has 0 spiro atoms. The maximum atomic E-state index is 11.7. The first-order valence-electron chi connectivity index (χ1n) is 6.30. The van der Waals surface area contributed by atoms with E-state index in [9.17, 15) is 9.59 Å². The van der Waals surface area contributed by atoms with E-state index in [0.717, 1.165) is 25.7 Å². The predicted molar refractivity (Wildman–Crippen MR) is 62.3 cm³/mol. The van der Waals surface area contributed by atoms with Gasteiger partial charge in [-0.1, -0.05) is 0 Å². The van der Waals surface area contributed by atoms with Crippen molar-refractivity contribution in [3.63, 3.8) is 0 Å². The number of carbonyl (C=O) groups is 2. The van der Waals surface area contributed by atoms with E-state index in [4.69, 9.17) is 10.8 Å². The Labute approximate surface area is 101 Å². The van der Waals surface area contributed by atoms with Crippen molar-refractivity contribution in [2.45, 2.75) is 56.5 Å². The van der Waals surface area contributed by atoms with Crippen LogP contribution < -0.4 is 11.1 Å². The number of nitrogens with one attached hydrogen (secondary N) is 1. The normalized spacial score (nSPS) is 30.6. The van der Waals surface area contributed by atoms with Crippen LogP contribution >= 0.6 is 0 Å². The van der Waals surface area contributed by atoms with Crippen molar-refractivity contribution in [1.82, 2.24) is 5.32 Å². The van der Waals surface area contributed by atoms with Gasteiger partial charge in [-0.15, -0.1) is 0 Å². The third-order valence-corrected chi connectivity index (χ3v) is 4.01. The molecule has 0 bridgehead atoms. The van der Waals surface area contributed by atoms with Gasteiger partial charge in [0.1, 0.15) is 0 Å². The second-order valence-corrected chi connectivity index (χ2v) is 5.51. The summed E-state index contributed by atoms with van der Waals surface area (Å²) in [6.45, 7) is 0. The van der Waals surface area contributed by atoms with Gasteiger partial charge in [-0.05, 0) is 38.5 Å². The second kappa shape index (κ2) is 4.64. The van der Waals surface area contributed by atoms with Crippen molar-refractivity contribution < 1.29 is 14.7 Å². The minimum atomic E-state index is -0.754. The summed E-state index contributed by atoms with van der Waals surface area (Å²) in [6, 6.07) is 0.0206. The molecule has 2 fully saturated rings. The van der Waals surface area contributed by atoms with Crippen LogP contribution in [0.1, 0.15) is 44.9 Å². The third kappa shape index (κ3) is 2.97. The molecule has 96 valence electrons. The van der Waals surface area contributed by atoms with Crippen LogP contribution in [0.25, 0.3) is 0 Å². The molecule has 2 rings (SSSR count). The number of hydrogen-bond donors (Lipinski definition) is 3. The molecule has 5 nitrogen and oxygen atoms in total. The molecule has 2 atom stereocenters. The smallest absolute Gasteiger partial charge is 0.306 e. The lowest BCUT2D eigenvalue weighted by atomic mass is 9.75. The van der Waals surface area contributed by atoms with Crippen molar-refractivity contribution in [2.75, 3.05) is 0 Å². The zero-order chi connectivity index (χ0) is 12.5. The molecule has 1 amide bonds. The molecule has 0 aromatic rings. The van der Waals surface area contributed by atoms with E-state index in [1.165, 1.54) is 0 Å². The summed E-state index contributed by atoms with van der Waals surface area (Å²) in [5.41, 5.74) is 5.70. The summed E-state index contributed by atoms with van der Waals surface area (Å²) < 4.78 is 0. The lowest BCUT2D eigenvalue weighted by Crippen LogP contribution is -2.50. The zero-order valence-electron chi connectivity index (χ0n) is 9.95. The number of rotatable bonds is 4. The molecule has 17 heavy (non-hydrogen) atoms. The van der Waals surface area contributed by atoms with Gasteiger partial charge in [0.15, 0.2) is 0 Å². The van der Waals surface area contributed by atoms with Crippen molar-refractivity contribution in [2.24, 2.45) is 11.7 Å². The largest absolute Gasteiger partial charge is 0.481 e. The second-order valence-electron chi connectivity index (χ2n) is 5.51. The highest BCUT2D eigenvalue weighted by atomic mass is 16.4. The topological polar surface area (TPSA) is 92.4 Å². The van der Waals surface area contributed by atoms with Gasteiger partial charge in [-0.25, -0.2) is 0 Å². The number of nitrogens with two attached hydrogens (primary N) is 1. The third-order valence-electron chi connectivity index (χ3n) is 4.01. The van der Waals surface area contributed by atoms with Gasteiger partial charge in [0, 0.05) is 18.0 Å². The molecule has 0 aromatic carbocycles. The van der Waals surface area contributed by atoms with Gasteiger partial charge in [0.2, 0.25) is 5.91 Å². The predicted octanol–water partition coefficient (Wildman–Crippen LogP) is 0.627. The summed E-state index contributed by atoms with van der Waals surface area (Å²) in [4.78, 5) is 22.5. The average molecular weight is 240 g/mol. The highest BCUT2D eigenvalue weighted by Crippen LogP contribution is 2.32. The fourth-order valence-electron chi connectivity index (χ4n) is 2.74. The summed E-state index contributed by atoms with van der Waals surface area (Å²) >= 11 is 0. The molecule has 0 aliphatic heterocycles. The summed E-state index contributed by atoms with van der Waals surface area (Å²) in [6.07, 6.45) is 5.30. The summed E-state index contributed by atoms with van der Waals surface area (Å²) in [5.74, 6) is -1.07.